The van der Waals surface area contributed by atoms with Gasteiger partial charge in [-0.15, -0.1) is 11.3 Å². The Morgan fingerprint density at radius 1 is 1.38 bits per heavy atom. The van der Waals surface area contributed by atoms with Gasteiger partial charge in [0.1, 0.15) is 5.01 Å². The summed E-state index contributed by atoms with van der Waals surface area (Å²) in [6, 6.07) is 4.07. The summed E-state index contributed by atoms with van der Waals surface area (Å²) in [5.41, 5.74) is 7.87. The monoisotopic (exact) mass is 233 g/mol. The van der Waals surface area contributed by atoms with Crippen molar-refractivity contribution >= 4 is 11.3 Å². The lowest BCUT2D eigenvalue weighted by Crippen LogP contribution is -2.03. The van der Waals surface area contributed by atoms with Crippen LogP contribution < -0.4 is 5.73 Å². The molecule has 2 aromatic rings. The number of nitrogens with zero attached hydrogens (tertiary/aromatic N) is 2. The lowest BCUT2D eigenvalue weighted by atomic mass is 10.0. The molecule has 84 valence electrons. The highest BCUT2D eigenvalue weighted by Crippen LogP contribution is 2.26. The Hall–Kier alpha value is -1.26. The van der Waals surface area contributed by atoms with Crippen molar-refractivity contribution in [3.05, 3.63) is 46.2 Å². The van der Waals surface area contributed by atoms with Crippen molar-refractivity contribution in [2.75, 3.05) is 6.54 Å². The summed E-state index contributed by atoms with van der Waals surface area (Å²) < 4.78 is 0. The molecule has 1 unspecified atom stereocenters. The minimum Gasteiger partial charge on any atom is -0.330 e. The fourth-order valence-corrected chi connectivity index (χ4v) is 2.52. The van der Waals surface area contributed by atoms with Gasteiger partial charge in [0.25, 0.3) is 0 Å². The van der Waals surface area contributed by atoms with E-state index in [1.54, 1.807) is 11.3 Å². The number of hydrogen-bond acceptors (Lipinski definition) is 4. The quantitative estimate of drug-likeness (QED) is 0.880. The second-order valence-corrected chi connectivity index (χ2v) is 4.61. The SMILES string of the molecule is CC(c1ccncc1)c1nc(CCN)cs1. The van der Waals surface area contributed by atoms with Crippen LogP contribution in [0.4, 0.5) is 0 Å². The van der Waals surface area contributed by atoms with Gasteiger partial charge in [-0.2, -0.15) is 0 Å². The molecule has 2 rings (SSSR count). The van der Waals surface area contributed by atoms with Gasteiger partial charge in [-0.25, -0.2) is 4.98 Å². The van der Waals surface area contributed by atoms with Gasteiger partial charge in [0.15, 0.2) is 0 Å². The molecule has 2 aromatic heterocycles. The highest BCUT2D eigenvalue weighted by Gasteiger charge is 2.12. The van der Waals surface area contributed by atoms with Crippen LogP contribution in [0.2, 0.25) is 0 Å². The summed E-state index contributed by atoms with van der Waals surface area (Å²) in [7, 11) is 0. The van der Waals surface area contributed by atoms with E-state index in [2.05, 4.69) is 22.3 Å². The fourth-order valence-electron chi connectivity index (χ4n) is 1.58. The second-order valence-electron chi connectivity index (χ2n) is 3.72. The van der Waals surface area contributed by atoms with Crippen molar-refractivity contribution < 1.29 is 0 Å². The van der Waals surface area contributed by atoms with Crippen molar-refractivity contribution in [1.29, 1.82) is 0 Å². The highest BCUT2D eigenvalue weighted by molar-refractivity contribution is 7.09. The Bertz CT molecular complexity index is 439. The Balaban J connectivity index is 2.17. The lowest BCUT2D eigenvalue weighted by molar-refractivity contribution is 0.866. The molecule has 0 spiro atoms. The number of thiazole rings is 1. The van der Waals surface area contributed by atoms with Crippen molar-refractivity contribution in [2.45, 2.75) is 19.3 Å². The molecule has 3 nitrogen and oxygen atoms in total. The maximum absolute atomic E-state index is 5.51. The smallest absolute Gasteiger partial charge is 0.100 e. The first-order valence-electron chi connectivity index (χ1n) is 5.35. The van der Waals surface area contributed by atoms with Crippen LogP contribution >= 0.6 is 11.3 Å². The van der Waals surface area contributed by atoms with E-state index in [0.717, 1.165) is 17.1 Å². The Morgan fingerprint density at radius 2 is 2.12 bits per heavy atom. The average Bonchev–Trinajstić information content (AvgIpc) is 2.78. The first kappa shape index (κ1) is 11.2. The van der Waals surface area contributed by atoms with E-state index in [9.17, 15) is 0 Å². The molecule has 0 fully saturated rings. The number of rotatable bonds is 4. The molecule has 0 radical (unpaired) electrons. The summed E-state index contributed by atoms with van der Waals surface area (Å²) in [6.45, 7) is 2.83. The number of nitrogens with two attached hydrogens (primary N) is 1. The summed E-state index contributed by atoms with van der Waals surface area (Å²) in [5.74, 6) is 0.333. The maximum atomic E-state index is 5.51. The van der Waals surface area contributed by atoms with Gasteiger partial charge in [0.2, 0.25) is 0 Å². The molecule has 0 saturated heterocycles. The maximum Gasteiger partial charge on any atom is 0.100 e. The van der Waals surface area contributed by atoms with E-state index in [0.29, 0.717) is 12.5 Å². The molecule has 0 aliphatic carbocycles. The van der Waals surface area contributed by atoms with E-state index in [1.165, 1.54) is 5.56 Å². The molecule has 0 amide bonds. The topological polar surface area (TPSA) is 51.8 Å². The predicted molar refractivity (Wildman–Crippen MR) is 66.6 cm³/mol. The number of pyridine rings is 1. The molecule has 0 aliphatic heterocycles. The van der Waals surface area contributed by atoms with E-state index >= 15 is 0 Å². The largest absolute Gasteiger partial charge is 0.330 e. The van der Waals surface area contributed by atoms with Gasteiger partial charge in [-0.3, -0.25) is 4.98 Å². The Labute approximate surface area is 99.4 Å². The van der Waals surface area contributed by atoms with Crippen LogP contribution in [0.25, 0.3) is 0 Å². The van der Waals surface area contributed by atoms with Gasteiger partial charge < -0.3 is 5.73 Å². The molecule has 4 heteroatoms. The zero-order valence-electron chi connectivity index (χ0n) is 9.26. The van der Waals surface area contributed by atoms with Gasteiger partial charge in [0, 0.05) is 30.1 Å². The predicted octanol–water partition coefficient (Wildman–Crippen LogP) is 2.19. The molecule has 2 heterocycles. The van der Waals surface area contributed by atoms with Crippen LogP contribution in [0.1, 0.15) is 29.1 Å². The third-order valence-corrected chi connectivity index (χ3v) is 3.62. The minimum absolute atomic E-state index is 0.333. The van der Waals surface area contributed by atoms with Gasteiger partial charge >= 0.3 is 0 Å². The average molecular weight is 233 g/mol. The first-order valence-corrected chi connectivity index (χ1v) is 6.23. The van der Waals surface area contributed by atoms with Crippen LogP contribution in [-0.4, -0.2) is 16.5 Å². The molecule has 0 saturated carbocycles. The normalized spacial score (nSPS) is 12.6. The molecule has 1 atom stereocenters. The minimum atomic E-state index is 0.333. The molecular weight excluding hydrogens is 218 g/mol. The Kier molecular flexibility index (Phi) is 3.64. The molecule has 0 bridgehead atoms. The van der Waals surface area contributed by atoms with Gasteiger partial charge in [-0.1, -0.05) is 6.92 Å². The van der Waals surface area contributed by atoms with Crippen LogP contribution in [0.15, 0.2) is 29.9 Å². The highest BCUT2D eigenvalue weighted by atomic mass is 32.1. The summed E-state index contributed by atoms with van der Waals surface area (Å²) >= 11 is 1.71. The van der Waals surface area contributed by atoms with Crippen molar-refractivity contribution in [3.8, 4) is 0 Å². The van der Waals surface area contributed by atoms with Crippen LogP contribution in [0, 0.1) is 0 Å². The van der Waals surface area contributed by atoms with Crippen LogP contribution in [-0.2, 0) is 6.42 Å². The molecular formula is C12H15N3S. The molecule has 0 aromatic carbocycles. The zero-order chi connectivity index (χ0) is 11.4. The molecule has 2 N–H and O–H groups in total. The van der Waals surface area contributed by atoms with Crippen LogP contribution in [0.3, 0.4) is 0 Å². The second kappa shape index (κ2) is 5.18. The van der Waals surface area contributed by atoms with Crippen molar-refractivity contribution in [3.63, 3.8) is 0 Å². The Morgan fingerprint density at radius 3 is 2.81 bits per heavy atom. The van der Waals surface area contributed by atoms with Crippen molar-refractivity contribution in [1.82, 2.24) is 9.97 Å². The standard InChI is InChI=1S/C12H15N3S/c1-9(10-3-6-14-7-4-10)12-15-11(2-5-13)8-16-12/h3-4,6-9H,2,5,13H2,1H3. The third-order valence-electron chi connectivity index (χ3n) is 2.55. The van der Waals surface area contributed by atoms with Gasteiger partial charge in [0.05, 0.1) is 5.69 Å². The summed E-state index contributed by atoms with van der Waals surface area (Å²) in [4.78, 5) is 8.62. The number of hydrogen-bond donors (Lipinski definition) is 1. The summed E-state index contributed by atoms with van der Waals surface area (Å²) in [5, 5.41) is 3.24. The lowest BCUT2D eigenvalue weighted by Gasteiger charge is -2.07. The van der Waals surface area contributed by atoms with Crippen molar-refractivity contribution in [2.24, 2.45) is 5.73 Å². The first-order chi connectivity index (χ1) is 7.81. The van der Waals surface area contributed by atoms with E-state index < -0.39 is 0 Å². The van der Waals surface area contributed by atoms with E-state index in [4.69, 9.17) is 5.73 Å². The fraction of sp³-hybridized carbons (Fsp3) is 0.333. The van der Waals surface area contributed by atoms with Gasteiger partial charge in [-0.05, 0) is 24.2 Å². The number of aromatic nitrogens is 2. The van der Waals surface area contributed by atoms with E-state index in [-0.39, 0.29) is 0 Å². The van der Waals surface area contributed by atoms with E-state index in [1.807, 2.05) is 24.5 Å². The zero-order valence-corrected chi connectivity index (χ0v) is 10.1. The van der Waals surface area contributed by atoms with Crippen LogP contribution in [0.5, 0.6) is 0 Å². The third kappa shape index (κ3) is 2.46. The summed E-state index contributed by atoms with van der Waals surface area (Å²) in [6.07, 6.45) is 4.50. The molecule has 16 heavy (non-hydrogen) atoms. The molecule has 0 aliphatic rings.